The summed E-state index contributed by atoms with van der Waals surface area (Å²) in [6.45, 7) is 1.60. The van der Waals surface area contributed by atoms with E-state index in [9.17, 15) is 23.5 Å². The molecule has 0 aliphatic heterocycles. The van der Waals surface area contributed by atoms with E-state index in [1.807, 2.05) is 4.98 Å². The number of nitrogens with zero attached hydrogens (tertiary/aromatic N) is 1. The quantitative estimate of drug-likeness (QED) is 0.855. The molecule has 0 aliphatic carbocycles. The van der Waals surface area contributed by atoms with Gasteiger partial charge in [-0.3, -0.25) is 9.78 Å². The Morgan fingerprint density at radius 1 is 1.32 bits per heavy atom. The molecule has 7 heteroatoms. The average molecular weight is 268 g/mol. The van der Waals surface area contributed by atoms with Gasteiger partial charge >= 0.3 is 5.69 Å². The van der Waals surface area contributed by atoms with Crippen LogP contribution in [0.2, 0.25) is 0 Å². The maximum atomic E-state index is 13.6. The number of hydrogen-bond acceptors (Lipinski definition) is 3. The molecule has 0 unspecified atom stereocenters. The van der Waals surface area contributed by atoms with E-state index in [4.69, 9.17) is 0 Å². The van der Waals surface area contributed by atoms with Crippen LogP contribution in [0.15, 0.2) is 27.8 Å². The van der Waals surface area contributed by atoms with Crippen LogP contribution >= 0.6 is 0 Å². The van der Waals surface area contributed by atoms with Crippen molar-refractivity contribution in [2.45, 2.75) is 13.3 Å². The van der Waals surface area contributed by atoms with Gasteiger partial charge in [0.1, 0.15) is 11.6 Å². The largest absolute Gasteiger partial charge is 0.494 e. The first-order chi connectivity index (χ1) is 8.95. The molecule has 0 amide bonds. The van der Waals surface area contributed by atoms with Gasteiger partial charge in [0.25, 0.3) is 5.56 Å². The lowest BCUT2D eigenvalue weighted by molar-refractivity contribution is 0.420. The molecule has 2 aromatic rings. The smallest absolute Gasteiger partial charge is 0.335 e. The monoisotopic (exact) mass is 268 g/mol. The summed E-state index contributed by atoms with van der Waals surface area (Å²) in [6.07, 6.45) is 0.157. The van der Waals surface area contributed by atoms with Crippen molar-refractivity contribution >= 4 is 0 Å². The standard InChI is InChI=1S/C12H10F2N2O3/c1-2-7-10(17)15-12(19)16(11(7)18)9-4-3-6(13)5-8(9)14/h3-5,18H,2H2,1H3,(H,15,17,19). The Balaban J connectivity index is 2.83. The zero-order chi connectivity index (χ0) is 14.2. The van der Waals surface area contributed by atoms with Gasteiger partial charge in [-0.05, 0) is 18.6 Å². The highest BCUT2D eigenvalue weighted by Crippen LogP contribution is 2.19. The van der Waals surface area contributed by atoms with Crippen molar-refractivity contribution < 1.29 is 13.9 Å². The lowest BCUT2D eigenvalue weighted by Crippen LogP contribution is -2.31. The minimum Gasteiger partial charge on any atom is -0.494 e. The Labute approximate surface area is 105 Å². The molecule has 1 aromatic carbocycles. The molecule has 2 N–H and O–H groups in total. The van der Waals surface area contributed by atoms with Crippen molar-refractivity contribution in [2.24, 2.45) is 0 Å². The van der Waals surface area contributed by atoms with E-state index < -0.39 is 28.8 Å². The molecule has 2 rings (SSSR count). The molecule has 19 heavy (non-hydrogen) atoms. The second-order valence-corrected chi connectivity index (χ2v) is 3.85. The third-order valence-electron chi connectivity index (χ3n) is 2.68. The molecule has 0 saturated carbocycles. The summed E-state index contributed by atoms with van der Waals surface area (Å²) in [6, 6.07) is 2.53. The van der Waals surface area contributed by atoms with E-state index in [2.05, 4.69) is 0 Å². The molecule has 0 fully saturated rings. The first kappa shape index (κ1) is 13.0. The van der Waals surface area contributed by atoms with Gasteiger partial charge in [0.2, 0.25) is 5.88 Å². The number of nitrogens with one attached hydrogen (secondary N) is 1. The van der Waals surface area contributed by atoms with Crippen LogP contribution in [0.3, 0.4) is 0 Å². The number of H-pyrrole nitrogens is 1. The number of halogens is 2. The molecule has 0 aliphatic rings. The molecule has 1 aromatic heterocycles. The van der Waals surface area contributed by atoms with Gasteiger partial charge in [-0.15, -0.1) is 0 Å². The summed E-state index contributed by atoms with van der Waals surface area (Å²) in [4.78, 5) is 25.1. The van der Waals surface area contributed by atoms with Crippen LogP contribution in [0.4, 0.5) is 8.78 Å². The third kappa shape index (κ3) is 2.14. The average Bonchev–Trinajstić information content (AvgIpc) is 2.31. The Kier molecular flexibility index (Phi) is 3.20. The van der Waals surface area contributed by atoms with Crippen molar-refractivity contribution in [1.29, 1.82) is 0 Å². The number of aromatic amines is 1. The van der Waals surface area contributed by atoms with Gasteiger partial charge in [-0.2, -0.15) is 0 Å². The fourth-order valence-electron chi connectivity index (χ4n) is 1.77. The normalized spacial score (nSPS) is 10.7. The van der Waals surface area contributed by atoms with Crippen LogP contribution in [0.25, 0.3) is 5.69 Å². The summed E-state index contributed by atoms with van der Waals surface area (Å²) in [5, 5.41) is 9.88. The summed E-state index contributed by atoms with van der Waals surface area (Å²) < 4.78 is 27.0. The summed E-state index contributed by atoms with van der Waals surface area (Å²) in [7, 11) is 0. The fourth-order valence-corrected chi connectivity index (χ4v) is 1.77. The van der Waals surface area contributed by atoms with Gasteiger partial charge in [-0.1, -0.05) is 6.92 Å². The van der Waals surface area contributed by atoms with E-state index in [0.29, 0.717) is 10.6 Å². The van der Waals surface area contributed by atoms with Crippen LogP contribution in [0.5, 0.6) is 5.88 Å². The highest BCUT2D eigenvalue weighted by atomic mass is 19.1. The predicted molar refractivity (Wildman–Crippen MR) is 63.6 cm³/mol. The second-order valence-electron chi connectivity index (χ2n) is 3.85. The molecule has 0 atom stereocenters. The summed E-state index contributed by atoms with van der Waals surface area (Å²) in [5.74, 6) is -2.48. The number of aromatic nitrogens is 2. The topological polar surface area (TPSA) is 75.1 Å². The van der Waals surface area contributed by atoms with E-state index in [1.165, 1.54) is 0 Å². The predicted octanol–water partition coefficient (Wildman–Crippen LogP) is 1.07. The fraction of sp³-hybridized carbons (Fsp3) is 0.167. The lowest BCUT2D eigenvalue weighted by atomic mass is 10.2. The van der Waals surface area contributed by atoms with Gasteiger partial charge in [-0.25, -0.2) is 18.1 Å². The van der Waals surface area contributed by atoms with Crippen LogP contribution in [0.1, 0.15) is 12.5 Å². The maximum absolute atomic E-state index is 13.6. The van der Waals surface area contributed by atoms with Crippen LogP contribution in [-0.2, 0) is 6.42 Å². The van der Waals surface area contributed by atoms with E-state index >= 15 is 0 Å². The van der Waals surface area contributed by atoms with Crippen molar-refractivity contribution in [3.63, 3.8) is 0 Å². The molecule has 0 bridgehead atoms. The summed E-state index contributed by atoms with van der Waals surface area (Å²) in [5.41, 5.74) is -2.12. The molecule has 0 radical (unpaired) electrons. The van der Waals surface area contributed by atoms with Crippen LogP contribution in [-0.4, -0.2) is 14.7 Å². The highest BCUT2D eigenvalue weighted by molar-refractivity contribution is 5.39. The van der Waals surface area contributed by atoms with Crippen molar-refractivity contribution in [3.8, 4) is 11.6 Å². The van der Waals surface area contributed by atoms with Crippen molar-refractivity contribution in [1.82, 2.24) is 9.55 Å². The number of rotatable bonds is 2. The van der Waals surface area contributed by atoms with E-state index in [0.717, 1.165) is 12.1 Å². The molecular formula is C12H10F2N2O3. The number of hydrogen-bond donors (Lipinski definition) is 2. The third-order valence-corrected chi connectivity index (χ3v) is 2.68. The Bertz CT molecular complexity index is 750. The van der Waals surface area contributed by atoms with Crippen LogP contribution in [0, 0.1) is 11.6 Å². The molecule has 0 spiro atoms. The van der Waals surface area contributed by atoms with E-state index in [1.54, 1.807) is 6.92 Å². The molecule has 5 nitrogen and oxygen atoms in total. The minimum atomic E-state index is -1.02. The number of aromatic hydroxyl groups is 1. The van der Waals surface area contributed by atoms with Crippen molar-refractivity contribution in [2.75, 3.05) is 0 Å². The molecule has 100 valence electrons. The van der Waals surface area contributed by atoms with Crippen molar-refractivity contribution in [3.05, 3.63) is 56.2 Å². The number of benzene rings is 1. The SMILES string of the molecule is CCc1c(O)n(-c2ccc(F)cc2F)c(=O)[nH]c1=O. The Morgan fingerprint density at radius 3 is 2.58 bits per heavy atom. The molecule has 0 saturated heterocycles. The van der Waals surface area contributed by atoms with Gasteiger partial charge in [0, 0.05) is 6.07 Å². The minimum absolute atomic E-state index is 0.0525. The first-order valence-corrected chi connectivity index (χ1v) is 5.48. The van der Waals surface area contributed by atoms with Gasteiger partial charge < -0.3 is 5.11 Å². The highest BCUT2D eigenvalue weighted by Gasteiger charge is 2.16. The first-order valence-electron chi connectivity index (χ1n) is 5.48. The summed E-state index contributed by atoms with van der Waals surface area (Å²) >= 11 is 0. The van der Waals surface area contributed by atoms with Gasteiger partial charge in [0.15, 0.2) is 0 Å². The van der Waals surface area contributed by atoms with Crippen LogP contribution < -0.4 is 11.2 Å². The zero-order valence-electron chi connectivity index (χ0n) is 9.91. The Morgan fingerprint density at radius 2 is 2.00 bits per heavy atom. The maximum Gasteiger partial charge on any atom is 0.335 e. The zero-order valence-corrected chi connectivity index (χ0v) is 9.91. The lowest BCUT2D eigenvalue weighted by Gasteiger charge is -2.11. The van der Waals surface area contributed by atoms with E-state index in [-0.39, 0.29) is 17.7 Å². The molecule has 1 heterocycles. The van der Waals surface area contributed by atoms with Gasteiger partial charge in [0.05, 0.1) is 11.3 Å². The Hall–Kier alpha value is -2.44. The molecular weight excluding hydrogens is 258 g/mol. The second kappa shape index (κ2) is 4.68.